The Morgan fingerprint density at radius 1 is 0.282 bits per heavy atom. The van der Waals surface area contributed by atoms with Gasteiger partial charge in [-0.15, -0.1) is 0 Å². The summed E-state index contributed by atoms with van der Waals surface area (Å²) in [6.45, 7) is 0. The van der Waals surface area contributed by atoms with E-state index in [0.717, 1.165) is 0 Å². The molecule has 6 aromatic carbocycles. The minimum Gasteiger partial charge on any atom is -0.0624 e. The number of rotatable bonds is 8. The fourth-order valence-electron chi connectivity index (χ4n) is 6.39. The zero-order valence-electron chi connectivity index (χ0n) is 22.0. The highest BCUT2D eigenvalue weighted by Crippen LogP contribution is 2.44. The molecular weight excluding hydrogens is 485 g/mol. The van der Waals surface area contributed by atoms with Crippen LogP contribution in [0.5, 0.6) is 0 Å². The summed E-state index contributed by atoms with van der Waals surface area (Å²) in [7, 11) is -2.72. The predicted octanol–water partition coefficient (Wildman–Crippen LogP) is 7.31. The molecule has 0 bridgehead atoms. The van der Waals surface area contributed by atoms with Crippen molar-refractivity contribution in [2.24, 2.45) is 0 Å². The van der Waals surface area contributed by atoms with Crippen LogP contribution in [-0.2, 0) is 0 Å². The van der Waals surface area contributed by atoms with Gasteiger partial charge < -0.3 is 0 Å². The summed E-state index contributed by atoms with van der Waals surface area (Å²) in [5.41, 5.74) is 4.25. The van der Waals surface area contributed by atoms with E-state index in [0.29, 0.717) is 0 Å². The van der Waals surface area contributed by atoms with Gasteiger partial charge in [-0.2, -0.15) is 0 Å². The summed E-state index contributed by atoms with van der Waals surface area (Å²) in [6.07, 6.45) is 0. The van der Waals surface area contributed by atoms with E-state index in [9.17, 15) is 0 Å². The van der Waals surface area contributed by atoms with Crippen LogP contribution in [0, 0.1) is 0 Å². The van der Waals surface area contributed by atoms with E-state index >= 15 is 0 Å². The van der Waals surface area contributed by atoms with Gasteiger partial charge in [0, 0.05) is 11.5 Å². The first-order chi connectivity index (χ1) is 19.4. The Balaban J connectivity index is 1.79. The van der Waals surface area contributed by atoms with Crippen LogP contribution in [0.3, 0.4) is 0 Å². The van der Waals surface area contributed by atoms with Crippen molar-refractivity contribution in [1.29, 1.82) is 0 Å². The smallest absolute Gasteiger partial charge is 0.0624 e. The van der Waals surface area contributed by atoms with Gasteiger partial charge >= 0.3 is 0 Å². The second-order valence-corrected chi connectivity index (χ2v) is 14.1. The van der Waals surface area contributed by atoms with Crippen molar-refractivity contribution < 1.29 is 0 Å². The van der Waals surface area contributed by atoms with E-state index in [1.54, 1.807) is 0 Å². The molecular formula is C38H32Si. The molecule has 0 heterocycles. The monoisotopic (exact) mass is 516 g/mol. The van der Waals surface area contributed by atoms with Gasteiger partial charge in [-0.3, -0.25) is 0 Å². The van der Waals surface area contributed by atoms with Crippen molar-refractivity contribution >= 4 is 23.6 Å². The topological polar surface area (TPSA) is 0 Å². The van der Waals surface area contributed by atoms with E-state index in [-0.39, 0.29) is 11.5 Å². The summed E-state index contributed by atoms with van der Waals surface area (Å²) >= 11 is 0. The maximum Gasteiger partial charge on any atom is 0.156 e. The van der Waals surface area contributed by atoms with Crippen LogP contribution in [0.2, 0.25) is 0 Å². The van der Waals surface area contributed by atoms with Gasteiger partial charge in [0.15, 0.2) is 8.07 Å². The third-order valence-electron chi connectivity index (χ3n) is 7.96. The Hall–Kier alpha value is -4.46. The molecule has 6 rings (SSSR count). The van der Waals surface area contributed by atoms with E-state index < -0.39 is 8.07 Å². The molecule has 0 saturated heterocycles. The number of hydrogen-bond acceptors (Lipinski definition) is 0. The van der Waals surface area contributed by atoms with Crippen LogP contribution in [0.4, 0.5) is 0 Å². The lowest BCUT2D eigenvalue weighted by atomic mass is 9.85. The Bertz CT molecular complexity index is 1430. The molecule has 39 heavy (non-hydrogen) atoms. The average Bonchev–Trinajstić information content (AvgIpc) is 3.04. The minimum atomic E-state index is -2.72. The summed E-state index contributed by atoms with van der Waals surface area (Å²) in [5.74, 6) is 0.155. The van der Waals surface area contributed by atoms with Gasteiger partial charge in [0.25, 0.3) is 0 Å². The normalized spacial score (nSPS) is 12.2. The zero-order valence-corrected chi connectivity index (χ0v) is 23.0. The molecule has 188 valence electrons. The molecule has 0 aliphatic rings. The van der Waals surface area contributed by atoms with Gasteiger partial charge in [-0.1, -0.05) is 182 Å². The minimum absolute atomic E-state index is 0.155. The highest BCUT2D eigenvalue weighted by Gasteiger charge is 2.50. The van der Waals surface area contributed by atoms with Crippen LogP contribution in [0.1, 0.15) is 28.1 Å². The predicted molar refractivity (Wildman–Crippen MR) is 168 cm³/mol. The van der Waals surface area contributed by atoms with Gasteiger partial charge in [0.2, 0.25) is 0 Å². The lowest BCUT2D eigenvalue weighted by Crippen LogP contribution is -2.71. The molecule has 0 aromatic heterocycles. The molecule has 0 fully saturated rings. The quantitative estimate of drug-likeness (QED) is 0.147. The van der Waals surface area contributed by atoms with Gasteiger partial charge in [0.05, 0.1) is 0 Å². The molecule has 6 aromatic rings. The first-order valence-corrected chi connectivity index (χ1v) is 15.8. The van der Waals surface area contributed by atoms with Gasteiger partial charge in [0.1, 0.15) is 0 Å². The van der Waals surface area contributed by atoms with Gasteiger partial charge in [-0.05, 0) is 32.3 Å². The second kappa shape index (κ2) is 11.5. The first kappa shape index (κ1) is 24.8. The fourth-order valence-corrected chi connectivity index (χ4v) is 12.2. The van der Waals surface area contributed by atoms with E-state index in [1.807, 2.05) is 0 Å². The summed E-state index contributed by atoms with van der Waals surface area (Å²) in [5, 5.41) is 4.27. The molecule has 0 amide bonds. The molecule has 0 N–H and O–H groups in total. The Morgan fingerprint density at radius 3 is 0.846 bits per heavy atom. The molecule has 0 aliphatic carbocycles. The largest absolute Gasteiger partial charge is 0.156 e. The maximum absolute atomic E-state index is 2.72. The van der Waals surface area contributed by atoms with Crippen molar-refractivity contribution in [3.63, 3.8) is 0 Å². The highest BCUT2D eigenvalue weighted by atomic mass is 28.3. The van der Waals surface area contributed by atoms with Crippen molar-refractivity contribution in [1.82, 2.24) is 0 Å². The van der Waals surface area contributed by atoms with Crippen LogP contribution < -0.4 is 15.6 Å². The molecule has 0 radical (unpaired) electrons. The molecule has 0 nitrogen and oxygen atoms in total. The third-order valence-corrected chi connectivity index (χ3v) is 13.3. The summed E-state index contributed by atoms with van der Waals surface area (Å²) in [4.78, 5) is 0. The molecule has 0 aliphatic heterocycles. The van der Waals surface area contributed by atoms with Crippen LogP contribution >= 0.6 is 0 Å². The molecule has 0 unspecified atom stereocenters. The van der Waals surface area contributed by atoms with E-state index in [2.05, 4.69) is 182 Å². The third kappa shape index (κ3) is 4.78. The standard InChI is InChI=1S/C38H32Si/c1-7-19-31(20-8-1)37(32-21-9-2-10-22-32)38(33-23-11-3-12-24-33)39(34-25-13-4-14-26-34,35-27-15-5-16-28-35)36-29-17-6-18-30-36/h1-30,37-38H/t38-/m0/s1. The lowest BCUT2D eigenvalue weighted by Gasteiger charge is -2.45. The van der Waals surface area contributed by atoms with Crippen LogP contribution in [0.25, 0.3) is 0 Å². The van der Waals surface area contributed by atoms with Crippen molar-refractivity contribution in [2.75, 3.05) is 0 Å². The molecule has 1 heteroatoms. The van der Waals surface area contributed by atoms with Crippen molar-refractivity contribution in [3.05, 3.63) is 199 Å². The summed E-state index contributed by atoms with van der Waals surface area (Å²) < 4.78 is 0. The first-order valence-electron chi connectivity index (χ1n) is 13.7. The fraction of sp³-hybridized carbons (Fsp3) is 0.0526. The van der Waals surface area contributed by atoms with Crippen LogP contribution in [0.15, 0.2) is 182 Å². The molecule has 0 spiro atoms. The Labute approximate surface area is 233 Å². The zero-order chi connectivity index (χ0) is 26.3. The number of hydrogen-bond donors (Lipinski definition) is 0. The number of benzene rings is 6. The summed E-state index contributed by atoms with van der Waals surface area (Å²) in [6, 6.07) is 67.4. The highest BCUT2D eigenvalue weighted by molar-refractivity contribution is 7.12. The average molecular weight is 517 g/mol. The molecule has 0 saturated carbocycles. The molecule has 1 atom stereocenters. The Kier molecular flexibility index (Phi) is 7.33. The Morgan fingerprint density at radius 2 is 0.538 bits per heavy atom. The van der Waals surface area contributed by atoms with Crippen molar-refractivity contribution in [3.8, 4) is 0 Å². The SMILES string of the molecule is c1ccc(C(c2ccccc2)[C@H](c2ccccc2)[Si](c2ccccc2)(c2ccccc2)c2ccccc2)cc1. The second-order valence-electron chi connectivity index (χ2n) is 10.1. The van der Waals surface area contributed by atoms with Crippen molar-refractivity contribution in [2.45, 2.75) is 11.5 Å². The van der Waals surface area contributed by atoms with Crippen LogP contribution in [-0.4, -0.2) is 8.07 Å². The van der Waals surface area contributed by atoms with Gasteiger partial charge in [-0.25, -0.2) is 0 Å². The lowest BCUT2D eigenvalue weighted by molar-refractivity contribution is 0.757. The van der Waals surface area contributed by atoms with E-state index in [1.165, 1.54) is 32.3 Å². The maximum atomic E-state index is 2.37. The van der Waals surface area contributed by atoms with E-state index in [4.69, 9.17) is 0 Å².